The fraction of sp³-hybridized carbons (Fsp3) is 0.125. The van der Waals surface area contributed by atoms with Gasteiger partial charge in [0, 0.05) is 5.03 Å². The molecule has 5 heteroatoms. The van der Waals surface area contributed by atoms with E-state index in [2.05, 4.69) is 0 Å². The highest BCUT2D eigenvalue weighted by molar-refractivity contribution is 7.87. The van der Waals surface area contributed by atoms with E-state index in [1.165, 1.54) is 12.2 Å². The van der Waals surface area contributed by atoms with Gasteiger partial charge in [-0.3, -0.25) is 4.55 Å². The molecule has 0 fully saturated rings. The van der Waals surface area contributed by atoms with E-state index in [0.717, 1.165) is 10.8 Å². The highest BCUT2D eigenvalue weighted by Gasteiger charge is 2.43. The Labute approximate surface area is 128 Å². The normalized spacial score (nSPS) is 22.3. The summed E-state index contributed by atoms with van der Waals surface area (Å²) in [6.07, 6.45) is 4.69. The minimum absolute atomic E-state index is 0.106. The first-order valence-electron chi connectivity index (χ1n) is 6.44. The number of hydrogen-bond acceptors (Lipinski definition) is 2. The Morgan fingerprint density at radius 1 is 1.10 bits per heavy atom. The molecule has 1 unspecified atom stereocenters. The van der Waals surface area contributed by atoms with E-state index in [1.807, 2.05) is 30.3 Å². The van der Waals surface area contributed by atoms with Gasteiger partial charge in [-0.2, -0.15) is 8.42 Å². The number of hydrogen-bond donors (Lipinski definition) is 1. The molecule has 0 radical (unpaired) electrons. The van der Waals surface area contributed by atoms with Crippen molar-refractivity contribution in [2.75, 3.05) is 0 Å². The third-order valence-electron chi connectivity index (χ3n) is 3.82. The molecule has 0 bridgehead atoms. The monoisotopic (exact) mass is 320 g/mol. The van der Waals surface area contributed by atoms with Crippen LogP contribution in [0.1, 0.15) is 12.0 Å². The fourth-order valence-electron chi connectivity index (χ4n) is 2.72. The number of halogens is 1. The minimum Gasteiger partial charge on any atom is -0.285 e. The molecule has 2 aromatic carbocycles. The molecular formula is C16H13ClO3S. The summed E-state index contributed by atoms with van der Waals surface area (Å²) in [7, 11) is -4.35. The summed E-state index contributed by atoms with van der Waals surface area (Å²) in [6.45, 7) is 0. The van der Waals surface area contributed by atoms with Crippen molar-refractivity contribution >= 4 is 32.5 Å². The summed E-state index contributed by atoms with van der Waals surface area (Å²) in [5, 5.41) is 2.19. The summed E-state index contributed by atoms with van der Waals surface area (Å²) < 4.78 is 32.5. The molecular weight excluding hydrogens is 308 g/mol. The van der Waals surface area contributed by atoms with E-state index >= 15 is 0 Å². The molecule has 0 saturated carbocycles. The number of fused-ring (bicyclic) bond motifs is 1. The van der Waals surface area contributed by atoms with Crippen molar-refractivity contribution in [1.29, 1.82) is 0 Å². The second-order valence-corrected chi connectivity index (χ2v) is 7.13. The Balaban J connectivity index is 2.34. The number of benzene rings is 2. The lowest BCUT2D eigenvalue weighted by Gasteiger charge is -2.30. The Morgan fingerprint density at radius 2 is 1.81 bits per heavy atom. The van der Waals surface area contributed by atoms with Crippen molar-refractivity contribution in [3.63, 3.8) is 0 Å². The molecule has 21 heavy (non-hydrogen) atoms. The van der Waals surface area contributed by atoms with Crippen LogP contribution in [0.4, 0.5) is 0 Å². The first-order valence-corrected chi connectivity index (χ1v) is 8.26. The molecule has 1 aliphatic rings. The van der Waals surface area contributed by atoms with Crippen LogP contribution in [-0.4, -0.2) is 13.0 Å². The van der Waals surface area contributed by atoms with Gasteiger partial charge in [0.05, 0.1) is 0 Å². The van der Waals surface area contributed by atoms with Crippen LogP contribution in [0.15, 0.2) is 65.7 Å². The van der Waals surface area contributed by atoms with E-state index in [0.29, 0.717) is 10.6 Å². The molecule has 0 amide bonds. The molecule has 108 valence electrons. The lowest BCUT2D eigenvalue weighted by Crippen LogP contribution is -2.34. The van der Waals surface area contributed by atoms with Gasteiger partial charge in [-0.1, -0.05) is 66.2 Å². The van der Waals surface area contributed by atoms with Gasteiger partial charge in [-0.05, 0) is 28.8 Å². The van der Waals surface area contributed by atoms with E-state index in [4.69, 9.17) is 11.6 Å². The molecule has 2 aromatic rings. The van der Waals surface area contributed by atoms with Crippen LogP contribution < -0.4 is 0 Å². The average Bonchev–Trinajstić information content (AvgIpc) is 2.46. The predicted octanol–water partition coefficient (Wildman–Crippen LogP) is 4.01. The van der Waals surface area contributed by atoms with E-state index in [-0.39, 0.29) is 6.42 Å². The van der Waals surface area contributed by atoms with Gasteiger partial charge in [0.1, 0.15) is 4.75 Å². The molecule has 3 nitrogen and oxygen atoms in total. The van der Waals surface area contributed by atoms with Gasteiger partial charge in [0.2, 0.25) is 0 Å². The molecule has 1 N–H and O–H groups in total. The van der Waals surface area contributed by atoms with E-state index < -0.39 is 14.9 Å². The standard InChI is InChI=1S/C16H13ClO3S/c17-13-8-10-16(11-9-13,21(18,19)20)15-7-3-5-12-4-1-2-6-14(12)15/h1-10H,11H2,(H,18,19,20). The van der Waals surface area contributed by atoms with Crippen molar-refractivity contribution in [1.82, 2.24) is 0 Å². The Bertz CT molecular complexity index is 863. The van der Waals surface area contributed by atoms with Crippen LogP contribution in [0, 0.1) is 0 Å². The maximum absolute atomic E-state index is 12.1. The van der Waals surface area contributed by atoms with Gasteiger partial charge in [-0.15, -0.1) is 0 Å². The van der Waals surface area contributed by atoms with Crippen molar-refractivity contribution in [2.45, 2.75) is 11.2 Å². The molecule has 3 rings (SSSR count). The zero-order chi connectivity index (χ0) is 15.1. The Morgan fingerprint density at radius 3 is 2.48 bits per heavy atom. The van der Waals surface area contributed by atoms with E-state index in [9.17, 15) is 13.0 Å². The summed E-state index contributed by atoms with van der Waals surface area (Å²) in [5.41, 5.74) is 0.555. The lowest BCUT2D eigenvalue weighted by molar-refractivity contribution is 0.449. The Hall–Kier alpha value is -1.62. The zero-order valence-corrected chi connectivity index (χ0v) is 12.6. The number of allylic oxidation sites excluding steroid dienone is 3. The molecule has 1 atom stereocenters. The molecule has 0 heterocycles. The third-order valence-corrected chi connectivity index (χ3v) is 5.54. The largest absolute Gasteiger partial charge is 0.285 e. The topological polar surface area (TPSA) is 54.4 Å². The molecule has 1 aliphatic carbocycles. The molecule has 0 aliphatic heterocycles. The van der Waals surface area contributed by atoms with Crippen LogP contribution in [0.2, 0.25) is 0 Å². The minimum atomic E-state index is -4.35. The van der Waals surface area contributed by atoms with Crippen LogP contribution in [-0.2, 0) is 14.9 Å². The molecule has 0 saturated heterocycles. The van der Waals surface area contributed by atoms with Gasteiger partial charge in [0.25, 0.3) is 10.1 Å². The highest BCUT2D eigenvalue weighted by Crippen LogP contribution is 2.42. The molecule has 0 spiro atoms. The van der Waals surface area contributed by atoms with Crippen molar-refractivity contribution < 1.29 is 13.0 Å². The Kier molecular flexibility index (Phi) is 3.40. The second kappa shape index (κ2) is 4.98. The average molecular weight is 321 g/mol. The SMILES string of the molecule is O=S(=O)(O)C1(c2cccc3ccccc23)C=CC(Cl)=CC1. The lowest BCUT2D eigenvalue weighted by atomic mass is 9.88. The first-order chi connectivity index (χ1) is 9.94. The summed E-state index contributed by atoms with van der Waals surface area (Å²) in [5.74, 6) is 0. The van der Waals surface area contributed by atoms with Crippen molar-refractivity contribution in [2.24, 2.45) is 0 Å². The van der Waals surface area contributed by atoms with Crippen LogP contribution in [0.5, 0.6) is 0 Å². The van der Waals surface area contributed by atoms with Crippen LogP contribution in [0.3, 0.4) is 0 Å². The second-order valence-electron chi connectivity index (χ2n) is 5.02. The quantitative estimate of drug-likeness (QED) is 0.851. The molecule has 0 aromatic heterocycles. The first kappa shape index (κ1) is 14.3. The van der Waals surface area contributed by atoms with Gasteiger partial charge in [0.15, 0.2) is 0 Å². The summed E-state index contributed by atoms with van der Waals surface area (Å²) in [6, 6.07) is 12.9. The van der Waals surface area contributed by atoms with Crippen LogP contribution in [0.25, 0.3) is 10.8 Å². The summed E-state index contributed by atoms with van der Waals surface area (Å²) >= 11 is 5.90. The van der Waals surface area contributed by atoms with Gasteiger partial charge in [-0.25, -0.2) is 0 Å². The predicted molar refractivity (Wildman–Crippen MR) is 84.9 cm³/mol. The van der Waals surface area contributed by atoms with E-state index in [1.54, 1.807) is 18.2 Å². The zero-order valence-electron chi connectivity index (χ0n) is 11.0. The van der Waals surface area contributed by atoms with Gasteiger partial charge >= 0.3 is 0 Å². The maximum Gasteiger partial charge on any atom is 0.278 e. The van der Waals surface area contributed by atoms with Crippen molar-refractivity contribution in [3.05, 3.63) is 71.3 Å². The third kappa shape index (κ3) is 2.29. The summed E-state index contributed by atoms with van der Waals surface area (Å²) in [4.78, 5) is 0. The highest BCUT2D eigenvalue weighted by atomic mass is 35.5. The smallest absolute Gasteiger partial charge is 0.278 e. The number of rotatable bonds is 2. The van der Waals surface area contributed by atoms with Crippen molar-refractivity contribution in [3.8, 4) is 0 Å². The van der Waals surface area contributed by atoms with Gasteiger partial charge < -0.3 is 0 Å². The fourth-order valence-corrected chi connectivity index (χ4v) is 3.85. The maximum atomic E-state index is 12.1. The van der Waals surface area contributed by atoms with Crippen LogP contribution >= 0.6 is 11.6 Å².